The number of aromatic nitrogens is 1. The number of pyridine rings is 1. The van der Waals surface area contributed by atoms with Gasteiger partial charge in [-0.25, -0.2) is 13.4 Å². The second-order valence-electron chi connectivity index (χ2n) is 7.66. The summed E-state index contributed by atoms with van der Waals surface area (Å²) in [5.41, 5.74) is 14.7. The lowest BCUT2D eigenvalue weighted by Crippen LogP contribution is -2.23. The molecule has 4 aromatic rings. The number of nitrogens with two attached hydrogens (primary N) is 2. The quantitative estimate of drug-likeness (QED) is 0.117. The van der Waals surface area contributed by atoms with Gasteiger partial charge in [0.25, 0.3) is 0 Å². The molecule has 0 fully saturated rings. The number of anilines is 3. The highest BCUT2D eigenvalue weighted by molar-refractivity contribution is 7.92. The minimum absolute atomic E-state index is 0. The van der Waals surface area contributed by atoms with Gasteiger partial charge in [0.15, 0.2) is 5.96 Å². The summed E-state index contributed by atoms with van der Waals surface area (Å²) in [6.45, 7) is 0.413. The van der Waals surface area contributed by atoms with Crippen molar-refractivity contribution < 1.29 is 8.42 Å². The Hall–Kier alpha value is -3.56. The third-order valence-electron chi connectivity index (χ3n) is 5.13. The average Bonchev–Trinajstić information content (AvgIpc) is 2.79. The Morgan fingerprint density at radius 2 is 1.38 bits per heavy atom. The van der Waals surface area contributed by atoms with Crippen molar-refractivity contribution in [2.75, 3.05) is 22.3 Å². The van der Waals surface area contributed by atoms with Crippen LogP contribution in [0.2, 0.25) is 0 Å². The molecule has 0 aliphatic carbocycles. The lowest BCUT2D eigenvalue weighted by atomic mass is 10.1. The van der Waals surface area contributed by atoms with E-state index in [1.54, 1.807) is 12.1 Å². The van der Waals surface area contributed by atoms with Crippen molar-refractivity contribution in [2.45, 2.75) is 12.8 Å². The van der Waals surface area contributed by atoms with Crippen LogP contribution in [0.4, 0.5) is 17.1 Å². The molecule has 4 rings (SSSR count). The molecule has 0 aliphatic rings. The minimum Gasteiger partial charge on any atom is -0.370 e. The lowest BCUT2D eigenvalue weighted by Gasteiger charge is -2.14. The maximum absolute atomic E-state index is 12.3. The molecule has 0 bridgehead atoms. The number of fused-ring (bicyclic) bond motifs is 2. The van der Waals surface area contributed by atoms with Crippen LogP contribution in [0, 0.1) is 0 Å². The van der Waals surface area contributed by atoms with Gasteiger partial charge in [-0.2, -0.15) is 0 Å². The van der Waals surface area contributed by atoms with Crippen LogP contribution >= 0.6 is 12.4 Å². The van der Waals surface area contributed by atoms with E-state index >= 15 is 0 Å². The molecule has 0 unspecified atom stereocenters. The number of nitrogens with one attached hydrogen (secondary N) is 2. The SMILES string of the molecule is Cl.NC(N)=NCCCCS(=O)(=O)Nc1ccc(Nc2c3ccccc3nc3ccccc23)cc1. The maximum Gasteiger partial charge on any atom is 0.232 e. The zero-order valence-electron chi connectivity index (χ0n) is 18.4. The highest BCUT2D eigenvalue weighted by Gasteiger charge is 2.11. The van der Waals surface area contributed by atoms with Crippen LogP contribution in [-0.2, 0) is 10.0 Å². The number of unbranched alkanes of at least 4 members (excludes halogenated alkanes) is 1. The maximum atomic E-state index is 12.3. The first-order valence-electron chi connectivity index (χ1n) is 10.6. The summed E-state index contributed by atoms with van der Waals surface area (Å²) < 4.78 is 27.3. The Bertz CT molecular complexity index is 1350. The Morgan fingerprint density at radius 1 is 0.824 bits per heavy atom. The first-order valence-corrected chi connectivity index (χ1v) is 12.3. The summed E-state index contributed by atoms with van der Waals surface area (Å²) in [5, 5.41) is 5.52. The zero-order chi connectivity index (χ0) is 23.3. The fourth-order valence-electron chi connectivity index (χ4n) is 3.58. The molecule has 3 aromatic carbocycles. The van der Waals surface area contributed by atoms with Crippen LogP contribution < -0.4 is 21.5 Å². The zero-order valence-corrected chi connectivity index (χ0v) is 20.1. The smallest absolute Gasteiger partial charge is 0.232 e. The summed E-state index contributed by atoms with van der Waals surface area (Å²) in [6.07, 6.45) is 1.06. The molecule has 0 spiro atoms. The topological polar surface area (TPSA) is 135 Å². The Labute approximate surface area is 204 Å². The fraction of sp³-hybridized carbons (Fsp3) is 0.167. The molecular formula is C24H27ClN6O2S. The van der Waals surface area contributed by atoms with Crippen LogP contribution in [-0.4, -0.2) is 31.7 Å². The van der Waals surface area contributed by atoms with E-state index in [2.05, 4.69) is 15.0 Å². The molecule has 10 heteroatoms. The van der Waals surface area contributed by atoms with E-state index in [0.717, 1.165) is 33.2 Å². The normalized spacial score (nSPS) is 11.1. The lowest BCUT2D eigenvalue weighted by molar-refractivity contribution is 0.597. The molecule has 6 N–H and O–H groups in total. The summed E-state index contributed by atoms with van der Waals surface area (Å²) in [4.78, 5) is 8.60. The molecule has 8 nitrogen and oxygen atoms in total. The van der Waals surface area contributed by atoms with Crippen molar-refractivity contribution in [3.8, 4) is 0 Å². The first-order chi connectivity index (χ1) is 15.9. The predicted octanol–water partition coefficient (Wildman–Crippen LogP) is 4.35. The molecule has 0 aliphatic heterocycles. The van der Waals surface area contributed by atoms with Crippen LogP contribution in [0.1, 0.15) is 12.8 Å². The van der Waals surface area contributed by atoms with Gasteiger partial charge in [-0.1, -0.05) is 36.4 Å². The van der Waals surface area contributed by atoms with Gasteiger partial charge in [0.2, 0.25) is 10.0 Å². The molecule has 1 heterocycles. The number of benzene rings is 3. The second-order valence-corrected chi connectivity index (χ2v) is 9.50. The van der Waals surface area contributed by atoms with E-state index in [9.17, 15) is 8.42 Å². The van der Waals surface area contributed by atoms with E-state index in [1.807, 2.05) is 60.7 Å². The minimum atomic E-state index is -3.45. The van der Waals surface area contributed by atoms with E-state index in [0.29, 0.717) is 25.1 Å². The van der Waals surface area contributed by atoms with Crippen molar-refractivity contribution in [2.24, 2.45) is 16.5 Å². The number of hydrogen-bond acceptors (Lipinski definition) is 5. The van der Waals surface area contributed by atoms with E-state index in [4.69, 9.17) is 16.5 Å². The molecule has 1 aromatic heterocycles. The van der Waals surface area contributed by atoms with Crippen LogP contribution in [0.3, 0.4) is 0 Å². The van der Waals surface area contributed by atoms with Gasteiger partial charge >= 0.3 is 0 Å². The Morgan fingerprint density at radius 3 is 1.97 bits per heavy atom. The highest BCUT2D eigenvalue weighted by Crippen LogP contribution is 2.33. The summed E-state index contributed by atoms with van der Waals surface area (Å²) in [6, 6.07) is 23.1. The Kier molecular flexibility index (Phi) is 8.14. The predicted molar refractivity (Wildman–Crippen MR) is 144 cm³/mol. The number of hydrogen-bond donors (Lipinski definition) is 4. The standard InChI is InChI=1S/C24H26N6O2S.ClH/c25-24(26)27-15-5-6-16-33(31,32)30-18-13-11-17(12-14-18)28-23-19-7-1-3-9-21(19)29-22-10-4-2-8-20(22)23;/h1-4,7-14,30H,5-6,15-16H2,(H,28,29)(H4,25,26,27);1H. The average molecular weight is 499 g/mol. The summed E-state index contributed by atoms with van der Waals surface area (Å²) in [5.74, 6) is 0.0135. The molecule has 0 amide bonds. The number of guanidine groups is 1. The van der Waals surface area contributed by atoms with Gasteiger partial charge in [0, 0.05) is 28.7 Å². The number of aliphatic imine (C=N–C) groups is 1. The van der Waals surface area contributed by atoms with Gasteiger partial charge in [-0.3, -0.25) is 9.71 Å². The van der Waals surface area contributed by atoms with Crippen LogP contribution in [0.5, 0.6) is 0 Å². The Balaban J connectivity index is 0.00000324. The van der Waals surface area contributed by atoms with Crippen molar-refractivity contribution in [3.05, 3.63) is 72.8 Å². The van der Waals surface area contributed by atoms with Crippen molar-refractivity contribution >= 4 is 67.3 Å². The molecule has 0 radical (unpaired) electrons. The molecule has 0 saturated heterocycles. The number of rotatable bonds is 9. The van der Waals surface area contributed by atoms with Crippen molar-refractivity contribution in [1.82, 2.24) is 4.98 Å². The monoisotopic (exact) mass is 498 g/mol. The number of nitrogens with zero attached hydrogens (tertiary/aromatic N) is 2. The third kappa shape index (κ3) is 6.27. The number of para-hydroxylation sites is 2. The molecule has 34 heavy (non-hydrogen) atoms. The van der Waals surface area contributed by atoms with Crippen molar-refractivity contribution in [3.63, 3.8) is 0 Å². The molecule has 0 saturated carbocycles. The summed E-state index contributed by atoms with van der Waals surface area (Å²) in [7, 11) is -3.45. The van der Waals surface area contributed by atoms with Gasteiger partial charge in [-0.05, 0) is 49.2 Å². The first kappa shape index (κ1) is 25.1. The van der Waals surface area contributed by atoms with Gasteiger partial charge in [0.05, 0.1) is 22.5 Å². The second kappa shape index (κ2) is 11.0. The fourth-order valence-corrected chi connectivity index (χ4v) is 4.76. The van der Waals surface area contributed by atoms with Crippen LogP contribution in [0.15, 0.2) is 77.8 Å². The molecule has 0 atom stereocenters. The molecular weight excluding hydrogens is 472 g/mol. The van der Waals surface area contributed by atoms with Crippen molar-refractivity contribution in [1.29, 1.82) is 0 Å². The van der Waals surface area contributed by atoms with Gasteiger partial charge in [-0.15, -0.1) is 12.4 Å². The van der Waals surface area contributed by atoms with E-state index in [-0.39, 0.29) is 24.1 Å². The van der Waals surface area contributed by atoms with E-state index < -0.39 is 10.0 Å². The van der Waals surface area contributed by atoms with Gasteiger partial charge < -0.3 is 16.8 Å². The number of sulfonamides is 1. The van der Waals surface area contributed by atoms with Crippen LogP contribution in [0.25, 0.3) is 21.8 Å². The van der Waals surface area contributed by atoms with Gasteiger partial charge in [0.1, 0.15) is 0 Å². The number of halogens is 1. The third-order valence-corrected chi connectivity index (χ3v) is 6.50. The molecule has 178 valence electrons. The largest absolute Gasteiger partial charge is 0.370 e. The van der Waals surface area contributed by atoms with E-state index in [1.165, 1.54) is 0 Å². The summed E-state index contributed by atoms with van der Waals surface area (Å²) >= 11 is 0. The highest BCUT2D eigenvalue weighted by atomic mass is 35.5.